The van der Waals surface area contributed by atoms with Gasteiger partial charge >= 0.3 is 0 Å². The summed E-state index contributed by atoms with van der Waals surface area (Å²) in [6.07, 6.45) is -0.976. The molecule has 0 bridgehead atoms. The van der Waals surface area contributed by atoms with Crippen LogP contribution in [0.1, 0.15) is 0 Å². The van der Waals surface area contributed by atoms with E-state index in [1.54, 1.807) is 30.3 Å². The zero-order chi connectivity index (χ0) is 19.6. The van der Waals surface area contributed by atoms with Gasteiger partial charge in [0.25, 0.3) is 15.9 Å². The van der Waals surface area contributed by atoms with E-state index in [1.165, 1.54) is 33.4 Å². The fourth-order valence-corrected chi connectivity index (χ4v) is 4.48. The molecule has 0 fully saturated rings. The van der Waals surface area contributed by atoms with Crippen LogP contribution >= 0.6 is 0 Å². The number of fused-ring (bicyclic) bond motifs is 1. The maximum absolute atomic E-state index is 13.5. The van der Waals surface area contributed by atoms with Crippen LogP contribution in [-0.4, -0.2) is 48.2 Å². The highest BCUT2D eigenvalue weighted by molar-refractivity contribution is 7.93. The van der Waals surface area contributed by atoms with E-state index >= 15 is 0 Å². The van der Waals surface area contributed by atoms with Crippen molar-refractivity contribution in [3.63, 3.8) is 0 Å². The minimum Gasteiger partial charge on any atom is -0.497 e. The van der Waals surface area contributed by atoms with Crippen LogP contribution in [0.15, 0.2) is 47.4 Å². The summed E-state index contributed by atoms with van der Waals surface area (Å²) in [6, 6.07) is 11.2. The number of para-hydroxylation sites is 2. The molecule has 1 atom stereocenters. The van der Waals surface area contributed by atoms with Gasteiger partial charge in [0.15, 0.2) is 6.10 Å². The number of hydrogen-bond acceptors (Lipinski definition) is 6. The first-order valence-corrected chi connectivity index (χ1v) is 9.58. The monoisotopic (exact) mass is 392 g/mol. The second-order valence-corrected chi connectivity index (χ2v) is 7.57. The summed E-state index contributed by atoms with van der Waals surface area (Å²) in [4.78, 5) is 12.0. The van der Waals surface area contributed by atoms with Crippen LogP contribution in [0.5, 0.6) is 17.2 Å². The largest absolute Gasteiger partial charge is 0.497 e. The van der Waals surface area contributed by atoms with Gasteiger partial charge in [-0.3, -0.25) is 9.10 Å². The Kier molecular flexibility index (Phi) is 5.13. The molecule has 0 saturated carbocycles. The third-order valence-electron chi connectivity index (χ3n) is 4.21. The van der Waals surface area contributed by atoms with Crippen molar-refractivity contribution >= 4 is 21.6 Å². The number of ether oxygens (including phenoxy) is 3. The van der Waals surface area contributed by atoms with E-state index in [-0.39, 0.29) is 17.2 Å². The van der Waals surface area contributed by atoms with Crippen molar-refractivity contribution in [3.8, 4) is 17.2 Å². The first-order chi connectivity index (χ1) is 12.9. The standard InChI is InChI=1S/C18H20N2O6S/c1-19-18(21)16-11-20(13-6-4-5-7-14(13)26-16)27(22,23)17-10-12(24-2)8-9-15(17)25-3/h4-10,16H,11H2,1-3H3,(H,19,21). The zero-order valence-electron chi connectivity index (χ0n) is 15.1. The van der Waals surface area contributed by atoms with Crippen LogP contribution < -0.4 is 23.8 Å². The molecular weight excluding hydrogens is 372 g/mol. The summed E-state index contributed by atoms with van der Waals surface area (Å²) in [5.41, 5.74) is 0.350. The van der Waals surface area contributed by atoms with Crippen molar-refractivity contribution in [3.05, 3.63) is 42.5 Å². The van der Waals surface area contributed by atoms with Crippen LogP contribution in [0, 0.1) is 0 Å². The molecule has 3 rings (SSSR count). The first-order valence-electron chi connectivity index (χ1n) is 8.14. The fraction of sp³-hybridized carbons (Fsp3) is 0.278. The predicted molar refractivity (Wildman–Crippen MR) is 99.0 cm³/mol. The number of rotatable bonds is 5. The molecule has 0 spiro atoms. The quantitative estimate of drug-likeness (QED) is 0.827. The molecule has 144 valence electrons. The lowest BCUT2D eigenvalue weighted by atomic mass is 10.2. The Morgan fingerprint density at radius 2 is 1.93 bits per heavy atom. The van der Waals surface area contributed by atoms with Crippen molar-refractivity contribution in [2.24, 2.45) is 0 Å². The molecule has 0 radical (unpaired) electrons. The highest BCUT2D eigenvalue weighted by atomic mass is 32.2. The van der Waals surface area contributed by atoms with E-state index < -0.39 is 22.0 Å². The first kappa shape index (κ1) is 18.8. The molecule has 1 unspecified atom stereocenters. The Labute approximate surface area is 157 Å². The summed E-state index contributed by atoms with van der Waals surface area (Å²) in [5, 5.41) is 2.49. The van der Waals surface area contributed by atoms with Gasteiger partial charge in [0.05, 0.1) is 26.5 Å². The SMILES string of the molecule is CNC(=O)C1CN(S(=O)(=O)c2cc(OC)ccc2OC)c2ccccc2O1. The van der Waals surface area contributed by atoms with Gasteiger partial charge in [0, 0.05) is 13.1 Å². The van der Waals surface area contributed by atoms with Gasteiger partial charge in [-0.1, -0.05) is 12.1 Å². The van der Waals surface area contributed by atoms with E-state index in [9.17, 15) is 13.2 Å². The van der Waals surface area contributed by atoms with Crippen molar-refractivity contribution < 1.29 is 27.4 Å². The maximum atomic E-state index is 13.5. The molecule has 8 nitrogen and oxygen atoms in total. The summed E-state index contributed by atoms with van der Waals surface area (Å²) >= 11 is 0. The molecule has 0 saturated heterocycles. The van der Waals surface area contributed by atoms with E-state index in [2.05, 4.69) is 5.32 Å². The molecule has 9 heteroatoms. The Morgan fingerprint density at radius 3 is 2.59 bits per heavy atom. The number of likely N-dealkylation sites (N-methyl/N-ethyl adjacent to an activating group) is 1. The summed E-state index contributed by atoms with van der Waals surface area (Å²) in [5.74, 6) is 0.445. The number of amides is 1. The number of carbonyl (C=O) groups excluding carboxylic acids is 1. The van der Waals surface area contributed by atoms with Gasteiger partial charge in [-0.15, -0.1) is 0 Å². The second kappa shape index (κ2) is 7.36. The molecule has 1 amide bonds. The molecule has 27 heavy (non-hydrogen) atoms. The smallest absolute Gasteiger partial charge is 0.268 e. The number of nitrogens with zero attached hydrogens (tertiary/aromatic N) is 1. The van der Waals surface area contributed by atoms with Gasteiger partial charge in [-0.05, 0) is 24.3 Å². The van der Waals surface area contributed by atoms with Gasteiger partial charge in [0.1, 0.15) is 22.1 Å². The van der Waals surface area contributed by atoms with Crippen molar-refractivity contribution in [2.75, 3.05) is 32.1 Å². The van der Waals surface area contributed by atoms with E-state index in [0.29, 0.717) is 17.2 Å². The fourth-order valence-electron chi connectivity index (χ4n) is 2.83. The molecule has 1 aliphatic rings. The maximum Gasteiger partial charge on any atom is 0.268 e. The topological polar surface area (TPSA) is 94.2 Å². The molecule has 2 aromatic carbocycles. The molecular formula is C18H20N2O6S. The molecule has 2 aromatic rings. The molecule has 1 N–H and O–H groups in total. The average molecular weight is 392 g/mol. The van der Waals surface area contributed by atoms with Crippen molar-refractivity contribution in [2.45, 2.75) is 11.0 Å². The number of hydrogen-bond donors (Lipinski definition) is 1. The van der Waals surface area contributed by atoms with E-state index in [0.717, 1.165) is 4.31 Å². The lowest BCUT2D eigenvalue weighted by molar-refractivity contribution is -0.127. The molecule has 0 aliphatic carbocycles. The van der Waals surface area contributed by atoms with Crippen molar-refractivity contribution in [1.82, 2.24) is 5.32 Å². The van der Waals surface area contributed by atoms with Crippen LogP contribution in [0.4, 0.5) is 5.69 Å². The van der Waals surface area contributed by atoms with Gasteiger partial charge in [-0.25, -0.2) is 8.42 Å². The van der Waals surface area contributed by atoms with Gasteiger partial charge < -0.3 is 19.5 Å². The van der Waals surface area contributed by atoms with Crippen LogP contribution in [0.2, 0.25) is 0 Å². The van der Waals surface area contributed by atoms with Gasteiger partial charge in [-0.2, -0.15) is 0 Å². The highest BCUT2D eigenvalue weighted by Gasteiger charge is 2.38. The molecule has 0 aromatic heterocycles. The third-order valence-corrected chi connectivity index (χ3v) is 6.01. The summed E-state index contributed by atoms with van der Waals surface area (Å²) < 4.78 is 44.1. The second-order valence-electron chi connectivity index (χ2n) is 5.74. The normalized spacial score (nSPS) is 16.1. The molecule has 1 aliphatic heterocycles. The minimum atomic E-state index is -4.06. The van der Waals surface area contributed by atoms with Gasteiger partial charge in [0.2, 0.25) is 0 Å². The Hall–Kier alpha value is -2.94. The Morgan fingerprint density at radius 1 is 1.19 bits per heavy atom. The Bertz CT molecular complexity index is 960. The zero-order valence-corrected chi connectivity index (χ0v) is 15.9. The van der Waals surface area contributed by atoms with Crippen LogP contribution in [0.25, 0.3) is 0 Å². The molecule has 1 heterocycles. The number of sulfonamides is 1. The number of methoxy groups -OCH3 is 2. The Balaban J connectivity index is 2.14. The third kappa shape index (κ3) is 3.37. The lowest BCUT2D eigenvalue weighted by Crippen LogP contribution is -2.50. The number of benzene rings is 2. The summed E-state index contributed by atoms with van der Waals surface area (Å²) in [6.45, 7) is -0.167. The van der Waals surface area contributed by atoms with E-state index in [4.69, 9.17) is 14.2 Å². The van der Waals surface area contributed by atoms with Crippen LogP contribution in [-0.2, 0) is 14.8 Å². The van der Waals surface area contributed by atoms with E-state index in [1.807, 2.05) is 0 Å². The van der Waals surface area contributed by atoms with Crippen molar-refractivity contribution in [1.29, 1.82) is 0 Å². The number of anilines is 1. The van der Waals surface area contributed by atoms with Crippen LogP contribution in [0.3, 0.4) is 0 Å². The number of carbonyl (C=O) groups is 1. The summed E-state index contributed by atoms with van der Waals surface area (Å²) in [7, 11) is 0.250. The number of nitrogens with one attached hydrogen (secondary N) is 1. The minimum absolute atomic E-state index is 0.0586. The predicted octanol–water partition coefficient (Wildman–Crippen LogP) is 1.41. The average Bonchev–Trinajstić information content (AvgIpc) is 2.71. The lowest BCUT2D eigenvalue weighted by Gasteiger charge is -2.34. The highest BCUT2D eigenvalue weighted by Crippen LogP contribution is 2.39.